The molecule has 2 aliphatic rings. The average molecular weight is 345 g/mol. The maximum atomic E-state index is 12.6. The van der Waals surface area contributed by atoms with Gasteiger partial charge in [0.05, 0.1) is 6.61 Å². The van der Waals surface area contributed by atoms with Crippen molar-refractivity contribution in [2.75, 3.05) is 39.4 Å². The van der Waals surface area contributed by atoms with Crippen LogP contribution in [0.3, 0.4) is 0 Å². The molecule has 0 saturated carbocycles. The number of nitrogens with zero attached hydrogens (tertiary/aromatic N) is 2. The molecule has 3 atom stereocenters. The van der Waals surface area contributed by atoms with Crippen molar-refractivity contribution < 1.29 is 9.53 Å². The molecule has 2 heterocycles. The van der Waals surface area contributed by atoms with Crippen molar-refractivity contribution in [1.29, 1.82) is 0 Å². The molecule has 2 aliphatic heterocycles. The van der Waals surface area contributed by atoms with Gasteiger partial charge in [0, 0.05) is 51.3 Å². The fourth-order valence-corrected chi connectivity index (χ4v) is 3.91. The summed E-state index contributed by atoms with van der Waals surface area (Å²) in [5.74, 6) is 0.968. The zero-order valence-corrected chi connectivity index (χ0v) is 15.5. The lowest BCUT2D eigenvalue weighted by molar-refractivity contribution is 0.113. The highest BCUT2D eigenvalue weighted by atomic mass is 16.5. The Morgan fingerprint density at radius 2 is 2.04 bits per heavy atom. The van der Waals surface area contributed by atoms with E-state index in [0.717, 1.165) is 52.4 Å². The summed E-state index contributed by atoms with van der Waals surface area (Å²) in [4.78, 5) is 17.0. The lowest BCUT2D eigenvalue weighted by Crippen LogP contribution is -2.46. The highest BCUT2D eigenvalue weighted by Crippen LogP contribution is 2.21. The maximum absolute atomic E-state index is 12.6. The van der Waals surface area contributed by atoms with Crippen LogP contribution in [0.15, 0.2) is 30.3 Å². The molecule has 2 fully saturated rings. The second-order valence-corrected chi connectivity index (χ2v) is 7.47. The van der Waals surface area contributed by atoms with Gasteiger partial charge in [0.1, 0.15) is 0 Å². The zero-order chi connectivity index (χ0) is 17.6. The second kappa shape index (κ2) is 8.68. The van der Waals surface area contributed by atoms with Crippen LogP contribution >= 0.6 is 0 Å². The van der Waals surface area contributed by atoms with E-state index in [9.17, 15) is 4.79 Å². The van der Waals surface area contributed by atoms with Crippen LogP contribution in [0.2, 0.25) is 0 Å². The number of nitrogens with one attached hydrogen (secondary N) is 1. The third-order valence-electron chi connectivity index (χ3n) is 5.38. The Morgan fingerprint density at radius 3 is 2.80 bits per heavy atom. The molecule has 1 aromatic carbocycles. The predicted octanol–water partition coefficient (Wildman–Crippen LogP) is 2.57. The molecule has 0 radical (unpaired) electrons. The molecule has 5 heteroatoms. The monoisotopic (exact) mass is 345 g/mol. The number of carbonyl (C=O) groups is 1. The van der Waals surface area contributed by atoms with Crippen LogP contribution in [-0.2, 0) is 11.3 Å². The standard InChI is InChI=1S/C20H31N3O2/c1-3-25-15-18-9-10-23(13-18)20(24)21-19-14-22(11-16(19)2)12-17-7-5-4-6-8-17/h4-8,16,18-19H,3,9-15H2,1-2H3,(H,21,24)/t16-,18-,19+/m1/s1. The summed E-state index contributed by atoms with van der Waals surface area (Å²) in [5, 5.41) is 3.27. The summed E-state index contributed by atoms with van der Waals surface area (Å²) in [6, 6.07) is 10.9. The van der Waals surface area contributed by atoms with Gasteiger partial charge < -0.3 is 15.0 Å². The number of hydrogen-bond donors (Lipinski definition) is 1. The van der Waals surface area contributed by atoms with E-state index >= 15 is 0 Å². The van der Waals surface area contributed by atoms with Gasteiger partial charge in [-0.05, 0) is 24.8 Å². The van der Waals surface area contributed by atoms with Gasteiger partial charge in [0.25, 0.3) is 0 Å². The van der Waals surface area contributed by atoms with Crippen molar-refractivity contribution in [3.8, 4) is 0 Å². The first-order valence-corrected chi connectivity index (χ1v) is 9.55. The number of carbonyl (C=O) groups excluding carboxylic acids is 1. The van der Waals surface area contributed by atoms with Gasteiger partial charge in [-0.3, -0.25) is 4.90 Å². The van der Waals surface area contributed by atoms with Crippen LogP contribution in [0.4, 0.5) is 4.79 Å². The fourth-order valence-electron chi connectivity index (χ4n) is 3.91. The molecule has 0 unspecified atom stereocenters. The smallest absolute Gasteiger partial charge is 0.317 e. The minimum absolute atomic E-state index is 0.0948. The first kappa shape index (κ1) is 18.2. The zero-order valence-electron chi connectivity index (χ0n) is 15.5. The van der Waals surface area contributed by atoms with Gasteiger partial charge in [-0.25, -0.2) is 4.79 Å². The molecule has 138 valence electrons. The van der Waals surface area contributed by atoms with Gasteiger partial charge in [0.15, 0.2) is 0 Å². The third kappa shape index (κ3) is 4.95. The van der Waals surface area contributed by atoms with Gasteiger partial charge in [0.2, 0.25) is 0 Å². The first-order chi connectivity index (χ1) is 12.2. The minimum Gasteiger partial charge on any atom is -0.381 e. The van der Waals surface area contributed by atoms with Crippen molar-refractivity contribution in [2.45, 2.75) is 32.9 Å². The molecule has 2 amide bonds. The molecule has 0 aromatic heterocycles. The Morgan fingerprint density at radius 1 is 1.24 bits per heavy atom. The van der Waals surface area contributed by atoms with E-state index in [0.29, 0.717) is 11.8 Å². The van der Waals surface area contributed by atoms with Gasteiger partial charge in [-0.2, -0.15) is 0 Å². The van der Waals surface area contributed by atoms with E-state index in [1.165, 1.54) is 5.56 Å². The van der Waals surface area contributed by atoms with Crippen LogP contribution < -0.4 is 5.32 Å². The van der Waals surface area contributed by atoms with Crippen molar-refractivity contribution >= 4 is 6.03 Å². The Bertz CT molecular complexity index is 551. The highest BCUT2D eigenvalue weighted by Gasteiger charge is 2.33. The molecule has 1 N–H and O–H groups in total. The Hall–Kier alpha value is -1.59. The number of urea groups is 1. The Balaban J connectivity index is 1.45. The number of benzene rings is 1. The largest absolute Gasteiger partial charge is 0.381 e. The first-order valence-electron chi connectivity index (χ1n) is 9.55. The Labute approximate surface area is 151 Å². The topological polar surface area (TPSA) is 44.8 Å². The molecular formula is C20H31N3O2. The lowest BCUT2D eigenvalue weighted by Gasteiger charge is -2.23. The summed E-state index contributed by atoms with van der Waals surface area (Å²) in [5.41, 5.74) is 1.33. The van der Waals surface area contributed by atoms with E-state index in [-0.39, 0.29) is 12.1 Å². The van der Waals surface area contributed by atoms with E-state index < -0.39 is 0 Å². The summed E-state index contributed by atoms with van der Waals surface area (Å²) in [6.07, 6.45) is 1.05. The number of rotatable bonds is 6. The van der Waals surface area contributed by atoms with Crippen LogP contribution in [0.1, 0.15) is 25.8 Å². The molecule has 5 nitrogen and oxygen atoms in total. The van der Waals surface area contributed by atoms with E-state index in [1.54, 1.807) is 0 Å². The van der Waals surface area contributed by atoms with Crippen LogP contribution in [0.5, 0.6) is 0 Å². The second-order valence-electron chi connectivity index (χ2n) is 7.47. The van der Waals surface area contributed by atoms with Crippen molar-refractivity contribution in [3.63, 3.8) is 0 Å². The molecule has 0 aliphatic carbocycles. The average Bonchev–Trinajstić information content (AvgIpc) is 3.21. The molecular weight excluding hydrogens is 314 g/mol. The predicted molar refractivity (Wildman–Crippen MR) is 99.4 cm³/mol. The van der Waals surface area contributed by atoms with Gasteiger partial charge in [-0.15, -0.1) is 0 Å². The van der Waals surface area contributed by atoms with Crippen molar-refractivity contribution in [3.05, 3.63) is 35.9 Å². The SMILES string of the molecule is CCOC[C@@H]1CCN(C(=O)N[C@H]2CN(Cc3ccccc3)C[C@H]2C)C1. The summed E-state index contributed by atoms with van der Waals surface area (Å²) >= 11 is 0. The lowest BCUT2D eigenvalue weighted by atomic mass is 10.1. The third-order valence-corrected chi connectivity index (χ3v) is 5.38. The normalized spacial score (nSPS) is 27.0. The molecule has 0 spiro atoms. The van der Waals surface area contributed by atoms with Crippen LogP contribution in [0, 0.1) is 11.8 Å². The summed E-state index contributed by atoms with van der Waals surface area (Å²) < 4.78 is 5.50. The maximum Gasteiger partial charge on any atom is 0.317 e. The molecule has 25 heavy (non-hydrogen) atoms. The highest BCUT2D eigenvalue weighted by molar-refractivity contribution is 5.75. The fraction of sp³-hybridized carbons (Fsp3) is 0.650. The minimum atomic E-state index is 0.0948. The molecule has 3 rings (SSSR count). The van der Waals surface area contributed by atoms with Crippen LogP contribution in [-0.4, -0.2) is 61.3 Å². The Kier molecular flexibility index (Phi) is 6.32. The van der Waals surface area contributed by atoms with Crippen molar-refractivity contribution in [1.82, 2.24) is 15.1 Å². The van der Waals surface area contributed by atoms with Crippen LogP contribution in [0.25, 0.3) is 0 Å². The summed E-state index contributed by atoms with van der Waals surface area (Å²) in [7, 11) is 0. The summed E-state index contributed by atoms with van der Waals surface area (Å²) in [6.45, 7) is 10.4. The van der Waals surface area contributed by atoms with E-state index in [2.05, 4.69) is 41.4 Å². The molecule has 1 aromatic rings. The molecule has 2 saturated heterocycles. The van der Waals surface area contributed by atoms with Crippen molar-refractivity contribution in [2.24, 2.45) is 11.8 Å². The molecule has 0 bridgehead atoms. The number of ether oxygens (including phenoxy) is 1. The van der Waals surface area contributed by atoms with Gasteiger partial charge >= 0.3 is 6.03 Å². The van der Waals surface area contributed by atoms with E-state index in [4.69, 9.17) is 4.74 Å². The number of likely N-dealkylation sites (tertiary alicyclic amines) is 2. The number of amides is 2. The number of hydrogen-bond acceptors (Lipinski definition) is 3. The quantitative estimate of drug-likeness (QED) is 0.862. The van der Waals surface area contributed by atoms with E-state index in [1.807, 2.05) is 17.9 Å². The van der Waals surface area contributed by atoms with Gasteiger partial charge in [-0.1, -0.05) is 37.3 Å².